The van der Waals surface area contributed by atoms with Gasteiger partial charge in [0, 0.05) is 51.5 Å². The van der Waals surface area contributed by atoms with E-state index in [0.29, 0.717) is 18.1 Å². The molecule has 5 heteroatoms. The van der Waals surface area contributed by atoms with E-state index in [4.69, 9.17) is 4.74 Å². The summed E-state index contributed by atoms with van der Waals surface area (Å²) in [6, 6.07) is 6.39. The summed E-state index contributed by atoms with van der Waals surface area (Å²) in [7, 11) is 0. The highest BCUT2D eigenvalue weighted by atomic mass is 16.5. The Morgan fingerprint density at radius 2 is 1.69 bits per heavy atom. The summed E-state index contributed by atoms with van der Waals surface area (Å²) >= 11 is 0. The number of hydrogen-bond acceptors (Lipinski definition) is 4. The van der Waals surface area contributed by atoms with Gasteiger partial charge < -0.3 is 14.5 Å². The molecule has 0 aliphatic carbocycles. The highest BCUT2D eigenvalue weighted by molar-refractivity contribution is 6.00. The molecule has 4 rings (SSSR count). The lowest BCUT2D eigenvalue weighted by Gasteiger charge is -2.39. The number of carbonyl (C=O) groups excluding carboxylic acids is 1. The molecule has 0 spiro atoms. The van der Waals surface area contributed by atoms with Gasteiger partial charge in [0.25, 0.3) is 5.91 Å². The summed E-state index contributed by atoms with van der Waals surface area (Å²) in [5.74, 6) is 0.912. The minimum atomic E-state index is 0.225. The highest BCUT2D eigenvalue weighted by Gasteiger charge is 2.29. The summed E-state index contributed by atoms with van der Waals surface area (Å²) in [6.45, 7) is 13.5. The summed E-state index contributed by atoms with van der Waals surface area (Å²) < 4.78 is 5.87. The van der Waals surface area contributed by atoms with Crippen LogP contribution in [0.3, 0.4) is 0 Å². The van der Waals surface area contributed by atoms with Crippen molar-refractivity contribution in [3.8, 4) is 0 Å². The standard InChI is InChI=1S/C24H37N3O2/c1-18-6-7-23(26-10-4-5-11-26)22(14-18)24(28)27-12-8-21(9-13-27)17-25-15-19(2)29-20(3)16-25/h6-7,14,19-21H,4-5,8-13,15-17H2,1-3H3. The first kappa shape index (κ1) is 20.7. The molecule has 3 aliphatic rings. The zero-order chi connectivity index (χ0) is 20.4. The van der Waals surface area contributed by atoms with Crippen molar-refractivity contribution in [3.63, 3.8) is 0 Å². The van der Waals surface area contributed by atoms with Crippen molar-refractivity contribution < 1.29 is 9.53 Å². The Hall–Kier alpha value is -1.59. The van der Waals surface area contributed by atoms with Crippen molar-refractivity contribution in [2.75, 3.05) is 50.7 Å². The second-order valence-electron chi connectivity index (χ2n) is 9.43. The van der Waals surface area contributed by atoms with Crippen LogP contribution >= 0.6 is 0 Å². The number of amides is 1. The third kappa shape index (κ3) is 4.95. The van der Waals surface area contributed by atoms with Crippen LogP contribution in [0.1, 0.15) is 55.5 Å². The SMILES string of the molecule is Cc1ccc(N2CCCC2)c(C(=O)N2CCC(CN3CC(C)OC(C)C3)CC2)c1. The molecule has 3 fully saturated rings. The van der Waals surface area contributed by atoms with Crippen molar-refractivity contribution in [1.29, 1.82) is 0 Å². The first-order chi connectivity index (χ1) is 14.0. The minimum absolute atomic E-state index is 0.225. The number of benzene rings is 1. The Kier molecular flexibility index (Phi) is 6.45. The van der Waals surface area contributed by atoms with E-state index in [2.05, 4.69) is 53.7 Å². The highest BCUT2D eigenvalue weighted by Crippen LogP contribution is 2.29. The van der Waals surface area contributed by atoms with Crippen LogP contribution in [0.4, 0.5) is 5.69 Å². The molecule has 0 radical (unpaired) electrons. The Balaban J connectivity index is 1.36. The molecule has 3 saturated heterocycles. The lowest BCUT2D eigenvalue weighted by Crippen LogP contribution is -2.48. The van der Waals surface area contributed by atoms with E-state index in [9.17, 15) is 4.79 Å². The molecule has 0 N–H and O–H groups in total. The Morgan fingerprint density at radius 1 is 1.03 bits per heavy atom. The fraction of sp³-hybridized carbons (Fsp3) is 0.708. The van der Waals surface area contributed by atoms with Crippen LogP contribution in [0.5, 0.6) is 0 Å². The van der Waals surface area contributed by atoms with Crippen LogP contribution < -0.4 is 4.90 Å². The normalized spacial score (nSPS) is 26.9. The molecule has 5 nitrogen and oxygen atoms in total. The number of nitrogens with zero attached hydrogens (tertiary/aromatic N) is 3. The Labute approximate surface area is 176 Å². The molecule has 1 aromatic carbocycles. The largest absolute Gasteiger partial charge is 0.373 e. The zero-order valence-electron chi connectivity index (χ0n) is 18.4. The quantitative estimate of drug-likeness (QED) is 0.776. The van der Waals surface area contributed by atoms with Crippen LogP contribution in [0.15, 0.2) is 18.2 Å². The molecule has 29 heavy (non-hydrogen) atoms. The summed E-state index contributed by atoms with van der Waals surface area (Å²) in [5.41, 5.74) is 3.21. The van der Waals surface area contributed by atoms with Gasteiger partial charge in [-0.15, -0.1) is 0 Å². The fourth-order valence-electron chi connectivity index (χ4n) is 5.34. The van der Waals surface area contributed by atoms with E-state index in [1.165, 1.54) is 18.4 Å². The number of anilines is 1. The predicted octanol–water partition coefficient (Wildman–Crippen LogP) is 3.56. The number of hydrogen-bond donors (Lipinski definition) is 0. The maximum atomic E-state index is 13.4. The van der Waals surface area contributed by atoms with E-state index in [1.54, 1.807) is 0 Å². The zero-order valence-corrected chi connectivity index (χ0v) is 18.4. The Bertz CT molecular complexity index is 698. The molecule has 2 unspecified atom stereocenters. The molecule has 2 atom stereocenters. The molecular weight excluding hydrogens is 362 g/mol. The van der Waals surface area contributed by atoms with Gasteiger partial charge in [0.05, 0.1) is 17.8 Å². The monoisotopic (exact) mass is 399 g/mol. The summed E-state index contributed by atoms with van der Waals surface area (Å²) in [5, 5.41) is 0. The number of morpholine rings is 1. The number of carbonyl (C=O) groups is 1. The number of ether oxygens (including phenoxy) is 1. The molecule has 3 aliphatic heterocycles. The van der Waals surface area contributed by atoms with E-state index < -0.39 is 0 Å². The van der Waals surface area contributed by atoms with Crippen LogP contribution in [-0.2, 0) is 4.74 Å². The third-order valence-electron chi connectivity index (χ3n) is 6.74. The van der Waals surface area contributed by atoms with Crippen LogP contribution in [-0.4, -0.2) is 73.7 Å². The number of aryl methyl sites for hydroxylation is 1. The molecule has 1 aromatic rings. The van der Waals surface area contributed by atoms with Gasteiger partial charge in [-0.1, -0.05) is 11.6 Å². The molecule has 0 bridgehead atoms. The average Bonchev–Trinajstić information content (AvgIpc) is 3.22. The molecular formula is C24H37N3O2. The fourth-order valence-corrected chi connectivity index (χ4v) is 5.34. The van der Waals surface area contributed by atoms with Crippen molar-refractivity contribution in [2.24, 2.45) is 5.92 Å². The van der Waals surface area contributed by atoms with Crippen molar-refractivity contribution in [1.82, 2.24) is 9.80 Å². The molecule has 160 valence electrons. The van der Waals surface area contributed by atoms with Crippen LogP contribution in [0.25, 0.3) is 0 Å². The average molecular weight is 400 g/mol. The first-order valence-corrected chi connectivity index (χ1v) is 11.5. The van der Waals surface area contributed by atoms with Gasteiger partial charge in [-0.25, -0.2) is 0 Å². The second kappa shape index (κ2) is 9.05. The lowest BCUT2D eigenvalue weighted by atomic mass is 9.94. The molecule has 3 heterocycles. The first-order valence-electron chi connectivity index (χ1n) is 11.5. The second-order valence-corrected chi connectivity index (χ2v) is 9.43. The van der Waals surface area contributed by atoms with Crippen molar-refractivity contribution in [2.45, 2.75) is 58.7 Å². The number of likely N-dealkylation sites (tertiary alicyclic amines) is 1. The predicted molar refractivity (Wildman–Crippen MR) is 118 cm³/mol. The number of rotatable bonds is 4. The van der Waals surface area contributed by atoms with E-state index >= 15 is 0 Å². The van der Waals surface area contributed by atoms with Gasteiger partial charge in [-0.3, -0.25) is 9.69 Å². The van der Waals surface area contributed by atoms with Gasteiger partial charge in [0.1, 0.15) is 0 Å². The topological polar surface area (TPSA) is 36.0 Å². The van der Waals surface area contributed by atoms with Crippen LogP contribution in [0.2, 0.25) is 0 Å². The maximum absolute atomic E-state index is 13.4. The minimum Gasteiger partial charge on any atom is -0.373 e. The molecule has 0 aromatic heterocycles. The number of piperidine rings is 1. The third-order valence-corrected chi connectivity index (χ3v) is 6.74. The van der Waals surface area contributed by atoms with E-state index in [0.717, 1.165) is 69.9 Å². The van der Waals surface area contributed by atoms with E-state index in [1.807, 2.05) is 0 Å². The van der Waals surface area contributed by atoms with Gasteiger partial charge >= 0.3 is 0 Å². The summed E-state index contributed by atoms with van der Waals surface area (Å²) in [4.78, 5) is 20.4. The van der Waals surface area contributed by atoms with Gasteiger partial charge in [0.15, 0.2) is 0 Å². The van der Waals surface area contributed by atoms with Gasteiger partial charge in [-0.2, -0.15) is 0 Å². The molecule has 1 amide bonds. The van der Waals surface area contributed by atoms with Crippen LogP contribution in [0, 0.1) is 12.8 Å². The molecule has 0 saturated carbocycles. The van der Waals surface area contributed by atoms with Crippen molar-refractivity contribution in [3.05, 3.63) is 29.3 Å². The van der Waals surface area contributed by atoms with Gasteiger partial charge in [-0.05, 0) is 64.5 Å². The maximum Gasteiger partial charge on any atom is 0.255 e. The smallest absolute Gasteiger partial charge is 0.255 e. The summed E-state index contributed by atoms with van der Waals surface area (Å²) in [6.07, 6.45) is 5.32. The lowest BCUT2D eigenvalue weighted by molar-refractivity contribution is -0.0728. The van der Waals surface area contributed by atoms with Gasteiger partial charge in [0.2, 0.25) is 0 Å². The Morgan fingerprint density at radius 3 is 2.34 bits per heavy atom. The van der Waals surface area contributed by atoms with Crippen molar-refractivity contribution >= 4 is 11.6 Å². The van der Waals surface area contributed by atoms with E-state index in [-0.39, 0.29) is 5.91 Å².